The van der Waals surface area contributed by atoms with E-state index in [0.717, 1.165) is 65.8 Å². The molecule has 8 heteroatoms. The molecule has 142 valence electrons. The van der Waals surface area contributed by atoms with Crippen molar-refractivity contribution in [3.8, 4) is 0 Å². The van der Waals surface area contributed by atoms with Crippen molar-refractivity contribution >= 4 is 43.4 Å². The number of fused-ring (bicyclic) bond motifs is 5. The summed E-state index contributed by atoms with van der Waals surface area (Å²) in [6, 6.07) is 0. The lowest BCUT2D eigenvalue weighted by atomic mass is 10.1. The zero-order valence-electron chi connectivity index (χ0n) is 15.2. The highest BCUT2D eigenvalue weighted by Crippen LogP contribution is 2.43. The van der Waals surface area contributed by atoms with Crippen LogP contribution in [0.3, 0.4) is 0 Å². The molecular formula is C19H23N5O2S. The fourth-order valence-corrected chi connectivity index (χ4v) is 5.25. The minimum absolute atomic E-state index is 0.172. The third-order valence-corrected chi connectivity index (χ3v) is 6.47. The van der Waals surface area contributed by atoms with Crippen LogP contribution in [0.25, 0.3) is 20.4 Å². The standard InChI is InChI=1S/C19H23N5O2S/c25-8-2-5-20-17-16-15(21-11-22-17)14-12-3-1-4-13(12)18(23-19(14)27-16)24-6-9-26-10-7-24/h11,25H,1-10H2,(H,20,21,22). The lowest BCUT2D eigenvalue weighted by Gasteiger charge is -2.29. The van der Waals surface area contributed by atoms with Crippen LogP contribution in [0, 0.1) is 0 Å². The smallest absolute Gasteiger partial charge is 0.147 e. The van der Waals surface area contributed by atoms with Crippen LogP contribution < -0.4 is 10.2 Å². The number of morpholine rings is 1. The number of pyridine rings is 1. The van der Waals surface area contributed by atoms with Gasteiger partial charge in [0.25, 0.3) is 0 Å². The first-order chi connectivity index (χ1) is 13.4. The van der Waals surface area contributed by atoms with Gasteiger partial charge in [0, 0.05) is 31.6 Å². The van der Waals surface area contributed by atoms with Gasteiger partial charge >= 0.3 is 0 Å². The Morgan fingerprint density at radius 3 is 2.89 bits per heavy atom. The summed E-state index contributed by atoms with van der Waals surface area (Å²) in [4.78, 5) is 17.6. The molecule has 0 bridgehead atoms. The molecule has 1 saturated heterocycles. The summed E-state index contributed by atoms with van der Waals surface area (Å²) in [7, 11) is 0. The Balaban J connectivity index is 1.66. The molecule has 0 atom stereocenters. The van der Waals surface area contributed by atoms with Crippen molar-refractivity contribution in [3.63, 3.8) is 0 Å². The molecule has 2 N–H and O–H groups in total. The highest BCUT2D eigenvalue weighted by molar-refractivity contribution is 7.26. The van der Waals surface area contributed by atoms with Crippen molar-refractivity contribution in [2.75, 3.05) is 49.7 Å². The molecular weight excluding hydrogens is 362 g/mol. The van der Waals surface area contributed by atoms with E-state index >= 15 is 0 Å². The van der Waals surface area contributed by atoms with Crippen LogP contribution in [-0.4, -0.2) is 59.5 Å². The van der Waals surface area contributed by atoms with Gasteiger partial charge in [0.15, 0.2) is 0 Å². The maximum absolute atomic E-state index is 9.04. The zero-order chi connectivity index (χ0) is 18.2. The number of aliphatic hydroxyl groups is 1. The van der Waals surface area contributed by atoms with Gasteiger partial charge in [0.1, 0.15) is 22.8 Å². The predicted molar refractivity (Wildman–Crippen MR) is 108 cm³/mol. The molecule has 0 unspecified atom stereocenters. The summed E-state index contributed by atoms with van der Waals surface area (Å²) >= 11 is 1.67. The maximum atomic E-state index is 9.04. The van der Waals surface area contributed by atoms with Crippen molar-refractivity contribution in [1.82, 2.24) is 15.0 Å². The molecule has 7 nitrogen and oxygen atoms in total. The second-order valence-electron chi connectivity index (χ2n) is 7.03. The summed E-state index contributed by atoms with van der Waals surface area (Å²) < 4.78 is 6.59. The number of nitrogens with zero attached hydrogens (tertiary/aromatic N) is 4. The predicted octanol–water partition coefficient (Wildman–Crippen LogP) is 2.36. The Morgan fingerprint density at radius 1 is 1.19 bits per heavy atom. The van der Waals surface area contributed by atoms with E-state index in [0.29, 0.717) is 13.0 Å². The maximum Gasteiger partial charge on any atom is 0.147 e. The third kappa shape index (κ3) is 2.92. The Bertz CT molecular complexity index is 983. The van der Waals surface area contributed by atoms with Gasteiger partial charge < -0.3 is 20.1 Å². The molecule has 1 fully saturated rings. The van der Waals surface area contributed by atoms with E-state index < -0.39 is 0 Å². The molecule has 4 heterocycles. The van der Waals surface area contributed by atoms with E-state index in [2.05, 4.69) is 20.2 Å². The van der Waals surface area contributed by atoms with Crippen molar-refractivity contribution in [2.24, 2.45) is 0 Å². The van der Waals surface area contributed by atoms with Crippen molar-refractivity contribution in [3.05, 3.63) is 17.5 Å². The molecule has 2 aliphatic rings. The number of thiophene rings is 1. The van der Waals surface area contributed by atoms with Crippen LogP contribution in [0.4, 0.5) is 11.6 Å². The number of aromatic nitrogens is 3. The summed E-state index contributed by atoms with van der Waals surface area (Å²) in [6.45, 7) is 4.22. The van der Waals surface area contributed by atoms with E-state index in [-0.39, 0.29) is 6.61 Å². The van der Waals surface area contributed by atoms with Gasteiger partial charge in [0.05, 0.1) is 23.4 Å². The topological polar surface area (TPSA) is 83.4 Å². The molecule has 0 amide bonds. The van der Waals surface area contributed by atoms with Gasteiger partial charge in [-0.15, -0.1) is 11.3 Å². The zero-order valence-corrected chi connectivity index (χ0v) is 16.0. The number of hydrogen-bond donors (Lipinski definition) is 2. The molecule has 3 aromatic rings. The first-order valence-corrected chi connectivity index (χ1v) is 10.4. The Hall–Kier alpha value is -2.03. The average Bonchev–Trinajstić information content (AvgIpc) is 3.32. The molecule has 0 spiro atoms. The summed E-state index contributed by atoms with van der Waals surface area (Å²) in [5.74, 6) is 1.99. The summed E-state index contributed by atoms with van der Waals surface area (Å²) in [6.07, 6.45) is 5.69. The van der Waals surface area contributed by atoms with Gasteiger partial charge in [-0.25, -0.2) is 15.0 Å². The monoisotopic (exact) mass is 385 g/mol. The van der Waals surface area contributed by atoms with Crippen molar-refractivity contribution in [2.45, 2.75) is 25.7 Å². The van der Waals surface area contributed by atoms with E-state index in [4.69, 9.17) is 14.8 Å². The fraction of sp³-hybridized carbons (Fsp3) is 0.526. The van der Waals surface area contributed by atoms with Gasteiger partial charge in [-0.3, -0.25) is 0 Å². The first kappa shape index (κ1) is 17.1. The van der Waals surface area contributed by atoms with Crippen LogP contribution in [0.15, 0.2) is 6.33 Å². The lowest BCUT2D eigenvalue weighted by molar-refractivity contribution is 0.122. The molecule has 1 aliphatic carbocycles. The second-order valence-corrected chi connectivity index (χ2v) is 8.03. The fourth-order valence-electron chi connectivity index (χ4n) is 4.13. The second kappa shape index (κ2) is 7.18. The average molecular weight is 385 g/mol. The van der Waals surface area contributed by atoms with E-state index in [9.17, 15) is 0 Å². The Kier molecular flexibility index (Phi) is 4.55. The van der Waals surface area contributed by atoms with Crippen molar-refractivity contribution < 1.29 is 9.84 Å². The van der Waals surface area contributed by atoms with Crippen LogP contribution in [0.1, 0.15) is 24.0 Å². The van der Waals surface area contributed by atoms with E-state index in [1.54, 1.807) is 17.7 Å². The van der Waals surface area contributed by atoms with Gasteiger partial charge in [0.2, 0.25) is 0 Å². The normalized spacial score (nSPS) is 17.0. The van der Waals surface area contributed by atoms with E-state index in [1.807, 2.05) is 0 Å². The number of anilines is 2. The number of hydrogen-bond acceptors (Lipinski definition) is 8. The molecule has 27 heavy (non-hydrogen) atoms. The SMILES string of the molecule is OCCCNc1ncnc2c1sc1nc(N3CCOCC3)c3c(c12)CCC3. The number of aliphatic hydroxyl groups excluding tert-OH is 1. The van der Waals surface area contributed by atoms with E-state index in [1.165, 1.54) is 22.9 Å². The van der Waals surface area contributed by atoms with Crippen molar-refractivity contribution in [1.29, 1.82) is 0 Å². The van der Waals surface area contributed by atoms with Crippen LogP contribution in [0.2, 0.25) is 0 Å². The lowest BCUT2D eigenvalue weighted by Crippen LogP contribution is -2.37. The summed E-state index contributed by atoms with van der Waals surface area (Å²) in [5, 5.41) is 13.6. The van der Waals surface area contributed by atoms with Crippen LogP contribution >= 0.6 is 11.3 Å². The highest BCUT2D eigenvalue weighted by Gasteiger charge is 2.27. The van der Waals surface area contributed by atoms with Gasteiger partial charge in [-0.05, 0) is 36.8 Å². The van der Waals surface area contributed by atoms with Gasteiger partial charge in [-0.1, -0.05) is 0 Å². The van der Waals surface area contributed by atoms with Gasteiger partial charge in [-0.2, -0.15) is 0 Å². The molecule has 0 saturated carbocycles. The molecule has 3 aromatic heterocycles. The van der Waals surface area contributed by atoms with Crippen LogP contribution in [-0.2, 0) is 17.6 Å². The number of nitrogens with one attached hydrogen (secondary N) is 1. The Morgan fingerprint density at radius 2 is 2.04 bits per heavy atom. The largest absolute Gasteiger partial charge is 0.396 e. The highest BCUT2D eigenvalue weighted by atomic mass is 32.1. The number of aryl methyl sites for hydroxylation is 1. The Labute approximate surface area is 161 Å². The molecule has 1 aliphatic heterocycles. The first-order valence-electron chi connectivity index (χ1n) is 9.63. The molecule has 5 rings (SSSR count). The van der Waals surface area contributed by atoms with Crippen LogP contribution in [0.5, 0.6) is 0 Å². The minimum Gasteiger partial charge on any atom is -0.396 e. The summed E-state index contributed by atoms with van der Waals surface area (Å²) in [5.41, 5.74) is 3.83. The third-order valence-electron chi connectivity index (χ3n) is 5.39. The molecule has 0 aromatic carbocycles. The quantitative estimate of drug-likeness (QED) is 0.652. The minimum atomic E-state index is 0.172. The number of ether oxygens (including phenoxy) is 1. The number of rotatable bonds is 5. The molecule has 0 radical (unpaired) electrons.